The summed E-state index contributed by atoms with van der Waals surface area (Å²) in [7, 11) is 0. The first-order valence-corrected chi connectivity index (χ1v) is 41.6. The fourth-order valence-corrected chi connectivity index (χ4v) is 13.7. The molecule has 0 amide bonds. The molecular weight excluding hydrogens is 1080 g/mol. The van der Waals surface area contributed by atoms with E-state index in [4.69, 9.17) is 9.47 Å². The summed E-state index contributed by atoms with van der Waals surface area (Å²) < 4.78 is 10.8. The highest BCUT2D eigenvalue weighted by atomic mass is 16.6. The van der Waals surface area contributed by atoms with Crippen LogP contribution in [0.1, 0.15) is 502 Å². The minimum absolute atomic E-state index is 0.0551. The lowest BCUT2D eigenvalue weighted by Crippen LogP contribution is -2.28. The van der Waals surface area contributed by atoms with Crippen LogP contribution in [0, 0.1) is 0 Å². The number of ether oxygens (including phenoxy) is 2. The lowest BCUT2D eigenvalue weighted by atomic mass is 10.0. The van der Waals surface area contributed by atoms with Gasteiger partial charge in [-0.25, -0.2) is 0 Å². The van der Waals surface area contributed by atoms with E-state index in [1.807, 2.05) is 0 Å². The van der Waals surface area contributed by atoms with Crippen molar-refractivity contribution in [1.82, 2.24) is 0 Å². The minimum atomic E-state index is -0.767. The lowest BCUT2D eigenvalue weighted by molar-refractivity contribution is -0.161. The van der Waals surface area contributed by atoms with Crippen molar-refractivity contribution in [1.29, 1.82) is 0 Å². The first kappa shape index (κ1) is 86.9. The molecule has 0 saturated carbocycles. The van der Waals surface area contributed by atoms with E-state index < -0.39 is 6.10 Å². The quantitative estimate of drug-likeness (QED) is 0.0485. The Kier molecular flexibility index (Phi) is 79.1. The standard InChI is InChI=1S/C83H164O5/c1-3-5-7-9-11-13-15-17-19-21-23-25-27-29-31-33-35-37-38-39-40-41-42-43-44-46-48-50-52-54-56-58-60-62-64-66-68-70-72-74-76-78-83(86)88-81(79-84)80-87-82(85)77-75-73-71-69-67-65-63-61-59-57-55-53-51-49-47-45-36-34-32-30-28-26-24-22-20-18-16-14-12-10-8-6-4-2/h81,84H,3-80H2,1-2H3. The van der Waals surface area contributed by atoms with Crippen LogP contribution in [0.2, 0.25) is 0 Å². The number of aliphatic hydroxyl groups excluding tert-OH is 1. The van der Waals surface area contributed by atoms with Gasteiger partial charge in [0.1, 0.15) is 6.61 Å². The van der Waals surface area contributed by atoms with E-state index in [-0.39, 0.29) is 25.2 Å². The highest BCUT2D eigenvalue weighted by Crippen LogP contribution is 2.21. The second-order valence-corrected chi connectivity index (χ2v) is 28.9. The third-order valence-electron chi connectivity index (χ3n) is 19.9. The SMILES string of the molecule is CCCCCCCCCCCCCCCCCCCCCCCCCCCCCCCCCCCCCCCCCCCC(=O)OC(CO)COC(=O)CCCCCCCCCCCCCCCCCCCCCCCCCCCCCCCCCCC. The maximum Gasteiger partial charge on any atom is 0.306 e. The number of carbonyl (C=O) groups is 2. The van der Waals surface area contributed by atoms with Gasteiger partial charge >= 0.3 is 11.9 Å². The number of rotatable bonds is 80. The molecule has 526 valence electrons. The molecule has 5 heteroatoms. The van der Waals surface area contributed by atoms with E-state index in [2.05, 4.69) is 13.8 Å². The molecule has 1 N–H and O–H groups in total. The first-order chi connectivity index (χ1) is 43.6. The van der Waals surface area contributed by atoms with Crippen LogP contribution in [-0.4, -0.2) is 36.4 Å². The molecule has 0 rings (SSSR count). The monoisotopic (exact) mass is 1240 g/mol. The van der Waals surface area contributed by atoms with Gasteiger partial charge in [-0.3, -0.25) is 9.59 Å². The topological polar surface area (TPSA) is 72.8 Å². The van der Waals surface area contributed by atoms with Crippen molar-refractivity contribution in [2.24, 2.45) is 0 Å². The van der Waals surface area contributed by atoms with Gasteiger partial charge in [-0.05, 0) is 12.8 Å². The van der Waals surface area contributed by atoms with Crippen molar-refractivity contribution in [2.75, 3.05) is 13.2 Å². The van der Waals surface area contributed by atoms with Crippen LogP contribution < -0.4 is 0 Å². The maximum absolute atomic E-state index is 12.4. The van der Waals surface area contributed by atoms with Crippen molar-refractivity contribution in [3.63, 3.8) is 0 Å². The van der Waals surface area contributed by atoms with Gasteiger partial charge < -0.3 is 14.6 Å². The van der Waals surface area contributed by atoms with Crippen LogP contribution in [0.3, 0.4) is 0 Å². The summed E-state index contributed by atoms with van der Waals surface area (Å²) in [6.45, 7) is 4.24. The highest BCUT2D eigenvalue weighted by Gasteiger charge is 2.16. The molecule has 0 heterocycles. The number of carbonyl (C=O) groups excluding carboxylic acids is 2. The smallest absolute Gasteiger partial charge is 0.306 e. The van der Waals surface area contributed by atoms with Crippen molar-refractivity contribution >= 4 is 11.9 Å². The molecule has 88 heavy (non-hydrogen) atoms. The van der Waals surface area contributed by atoms with E-state index in [1.54, 1.807) is 0 Å². The summed E-state index contributed by atoms with van der Waals surface area (Å²) >= 11 is 0. The van der Waals surface area contributed by atoms with Gasteiger partial charge in [0.05, 0.1) is 6.61 Å². The third-order valence-corrected chi connectivity index (χ3v) is 19.9. The average Bonchev–Trinajstić information content (AvgIpc) is 3.56. The number of hydrogen-bond acceptors (Lipinski definition) is 5. The van der Waals surface area contributed by atoms with Gasteiger partial charge in [0.2, 0.25) is 0 Å². The van der Waals surface area contributed by atoms with Crippen molar-refractivity contribution in [3.05, 3.63) is 0 Å². The van der Waals surface area contributed by atoms with Gasteiger partial charge in [-0.1, -0.05) is 476 Å². The summed E-state index contributed by atoms with van der Waals surface area (Å²) in [5.41, 5.74) is 0. The number of unbranched alkanes of at least 4 members (excludes halogenated alkanes) is 72. The van der Waals surface area contributed by atoms with Crippen LogP contribution >= 0.6 is 0 Å². The fraction of sp³-hybridized carbons (Fsp3) is 0.976. The Hall–Kier alpha value is -1.10. The zero-order valence-electron chi connectivity index (χ0n) is 60.8. The van der Waals surface area contributed by atoms with E-state index in [0.717, 1.165) is 32.1 Å². The molecule has 5 nitrogen and oxygen atoms in total. The van der Waals surface area contributed by atoms with E-state index >= 15 is 0 Å². The van der Waals surface area contributed by atoms with E-state index in [1.165, 1.54) is 443 Å². The number of hydrogen-bond donors (Lipinski definition) is 1. The Morgan fingerprint density at radius 3 is 0.500 bits per heavy atom. The number of esters is 2. The summed E-state index contributed by atoms with van der Waals surface area (Å²) in [5.74, 6) is -0.555. The first-order valence-electron chi connectivity index (χ1n) is 41.6. The molecule has 0 spiro atoms. The second-order valence-electron chi connectivity index (χ2n) is 28.9. The molecular formula is C83H164O5. The molecule has 1 atom stereocenters. The molecule has 0 fully saturated rings. The molecule has 0 saturated heterocycles. The van der Waals surface area contributed by atoms with E-state index in [0.29, 0.717) is 12.8 Å². The molecule has 0 aromatic heterocycles. The van der Waals surface area contributed by atoms with Crippen LogP contribution in [0.5, 0.6) is 0 Å². The Morgan fingerprint density at radius 2 is 0.352 bits per heavy atom. The predicted molar refractivity (Wildman–Crippen MR) is 390 cm³/mol. The Labute approximate surface area is 554 Å². The van der Waals surface area contributed by atoms with Crippen LogP contribution in [0.15, 0.2) is 0 Å². The Balaban J connectivity index is 3.32. The van der Waals surface area contributed by atoms with E-state index in [9.17, 15) is 14.7 Å². The molecule has 0 aromatic carbocycles. The maximum atomic E-state index is 12.4. The normalized spacial score (nSPS) is 12.0. The van der Waals surface area contributed by atoms with Gasteiger partial charge in [-0.15, -0.1) is 0 Å². The Morgan fingerprint density at radius 1 is 0.216 bits per heavy atom. The van der Waals surface area contributed by atoms with Gasteiger partial charge in [0, 0.05) is 12.8 Å². The average molecular weight is 1240 g/mol. The fourth-order valence-electron chi connectivity index (χ4n) is 13.7. The van der Waals surface area contributed by atoms with Crippen LogP contribution in [0.4, 0.5) is 0 Å². The highest BCUT2D eigenvalue weighted by molar-refractivity contribution is 5.70. The Bertz CT molecular complexity index is 1270. The summed E-state index contributed by atoms with van der Waals surface area (Å²) in [6.07, 6.45) is 104. The molecule has 0 aromatic rings. The molecule has 0 aliphatic heterocycles. The largest absolute Gasteiger partial charge is 0.462 e. The molecule has 0 aliphatic rings. The van der Waals surface area contributed by atoms with Crippen LogP contribution in [-0.2, 0) is 19.1 Å². The molecule has 0 radical (unpaired) electrons. The van der Waals surface area contributed by atoms with Crippen molar-refractivity contribution in [2.45, 2.75) is 508 Å². The lowest BCUT2D eigenvalue weighted by Gasteiger charge is -2.15. The summed E-state index contributed by atoms with van der Waals surface area (Å²) in [5, 5.41) is 9.73. The van der Waals surface area contributed by atoms with Gasteiger partial charge in [-0.2, -0.15) is 0 Å². The number of aliphatic hydroxyl groups is 1. The third kappa shape index (κ3) is 77.3. The van der Waals surface area contributed by atoms with Crippen LogP contribution in [0.25, 0.3) is 0 Å². The predicted octanol–water partition coefficient (Wildman–Crippen LogP) is 29.1. The summed E-state index contributed by atoms with van der Waals surface area (Å²) in [4.78, 5) is 24.7. The van der Waals surface area contributed by atoms with Crippen molar-refractivity contribution < 1.29 is 24.2 Å². The summed E-state index contributed by atoms with van der Waals surface area (Å²) in [6, 6.07) is 0. The van der Waals surface area contributed by atoms with Gasteiger partial charge in [0.25, 0.3) is 0 Å². The molecule has 1 unspecified atom stereocenters. The molecule has 0 aliphatic carbocycles. The zero-order chi connectivity index (χ0) is 63.3. The van der Waals surface area contributed by atoms with Gasteiger partial charge in [0.15, 0.2) is 6.10 Å². The van der Waals surface area contributed by atoms with Crippen molar-refractivity contribution in [3.8, 4) is 0 Å². The minimum Gasteiger partial charge on any atom is -0.462 e. The molecule has 0 bridgehead atoms. The second kappa shape index (κ2) is 80.1. The zero-order valence-corrected chi connectivity index (χ0v) is 60.8.